The minimum absolute atomic E-state index is 0.489. The van der Waals surface area contributed by atoms with E-state index in [1.807, 2.05) is 11.7 Å². The number of hydrogen-bond donors (Lipinski definition) is 1. The summed E-state index contributed by atoms with van der Waals surface area (Å²) in [6.07, 6.45) is 2.08. The molecule has 1 heterocycles. The van der Waals surface area contributed by atoms with E-state index in [0.717, 1.165) is 11.4 Å². The van der Waals surface area contributed by atoms with Crippen molar-refractivity contribution in [3.63, 3.8) is 0 Å². The molecule has 4 heteroatoms. The van der Waals surface area contributed by atoms with Crippen LogP contribution in [-0.2, 0) is 13.6 Å². The molecule has 0 aliphatic heterocycles. The Labute approximate surface area is 106 Å². The number of aromatic nitrogens is 2. The minimum Gasteiger partial charge on any atom is -0.325 e. The van der Waals surface area contributed by atoms with E-state index >= 15 is 0 Å². The van der Waals surface area contributed by atoms with Crippen LogP contribution in [0.1, 0.15) is 11.3 Å². The Morgan fingerprint density at radius 2 is 1.94 bits per heavy atom. The third-order valence-electron chi connectivity index (χ3n) is 2.94. The monoisotopic (exact) mass is 247 g/mol. The van der Waals surface area contributed by atoms with Crippen LogP contribution >= 0.6 is 11.8 Å². The van der Waals surface area contributed by atoms with Crippen LogP contribution in [0.3, 0.4) is 0 Å². The van der Waals surface area contributed by atoms with Crippen LogP contribution in [0.25, 0.3) is 11.3 Å². The molecule has 17 heavy (non-hydrogen) atoms. The maximum atomic E-state index is 5.68. The highest BCUT2D eigenvalue weighted by atomic mass is 32.2. The summed E-state index contributed by atoms with van der Waals surface area (Å²) in [6.45, 7) is 2.57. The maximum Gasteiger partial charge on any atom is 0.0795 e. The Balaban J connectivity index is 2.48. The van der Waals surface area contributed by atoms with E-state index in [4.69, 9.17) is 5.73 Å². The quantitative estimate of drug-likeness (QED) is 0.848. The first kappa shape index (κ1) is 12.2. The van der Waals surface area contributed by atoms with Crippen LogP contribution < -0.4 is 5.73 Å². The summed E-state index contributed by atoms with van der Waals surface area (Å²) in [5.74, 6) is 0. The van der Waals surface area contributed by atoms with Gasteiger partial charge >= 0.3 is 0 Å². The minimum atomic E-state index is 0.489. The lowest BCUT2D eigenvalue weighted by molar-refractivity contribution is 0.749. The highest BCUT2D eigenvalue weighted by molar-refractivity contribution is 7.98. The fourth-order valence-electron chi connectivity index (χ4n) is 2.03. The van der Waals surface area contributed by atoms with E-state index in [-0.39, 0.29) is 0 Å². The van der Waals surface area contributed by atoms with Gasteiger partial charge in [0.15, 0.2) is 0 Å². The van der Waals surface area contributed by atoms with Gasteiger partial charge in [-0.25, -0.2) is 0 Å². The topological polar surface area (TPSA) is 43.8 Å². The van der Waals surface area contributed by atoms with E-state index in [9.17, 15) is 0 Å². The number of hydrogen-bond acceptors (Lipinski definition) is 3. The Hall–Kier alpha value is -1.26. The Morgan fingerprint density at radius 1 is 1.29 bits per heavy atom. The molecule has 0 saturated carbocycles. The number of benzene rings is 1. The Morgan fingerprint density at radius 3 is 2.41 bits per heavy atom. The van der Waals surface area contributed by atoms with Crippen LogP contribution in [0.2, 0.25) is 0 Å². The van der Waals surface area contributed by atoms with Gasteiger partial charge in [0, 0.05) is 24.1 Å². The van der Waals surface area contributed by atoms with Crippen LogP contribution in [0, 0.1) is 6.92 Å². The molecule has 0 spiro atoms. The van der Waals surface area contributed by atoms with Crippen molar-refractivity contribution in [2.24, 2.45) is 12.8 Å². The molecule has 2 rings (SSSR count). The molecule has 0 saturated heterocycles. The van der Waals surface area contributed by atoms with Gasteiger partial charge in [-0.15, -0.1) is 11.8 Å². The van der Waals surface area contributed by atoms with Crippen molar-refractivity contribution in [1.29, 1.82) is 0 Å². The second kappa shape index (κ2) is 4.94. The van der Waals surface area contributed by atoms with Crippen molar-refractivity contribution >= 4 is 11.8 Å². The van der Waals surface area contributed by atoms with Gasteiger partial charge in [-0.2, -0.15) is 5.10 Å². The molecule has 90 valence electrons. The Bertz CT molecular complexity index is 514. The normalized spacial score (nSPS) is 10.8. The van der Waals surface area contributed by atoms with Gasteiger partial charge in [0.1, 0.15) is 0 Å². The predicted octanol–water partition coefficient (Wildman–Crippen LogP) is 2.58. The molecular weight excluding hydrogens is 230 g/mol. The van der Waals surface area contributed by atoms with Gasteiger partial charge in [-0.1, -0.05) is 12.1 Å². The third-order valence-corrected chi connectivity index (χ3v) is 3.68. The van der Waals surface area contributed by atoms with Crippen molar-refractivity contribution < 1.29 is 0 Å². The zero-order valence-corrected chi connectivity index (χ0v) is 11.2. The van der Waals surface area contributed by atoms with Gasteiger partial charge < -0.3 is 5.73 Å². The molecule has 0 aliphatic carbocycles. The van der Waals surface area contributed by atoms with Crippen LogP contribution in [0.5, 0.6) is 0 Å². The molecular formula is C13H17N3S. The molecule has 0 aliphatic rings. The van der Waals surface area contributed by atoms with E-state index < -0.39 is 0 Å². The summed E-state index contributed by atoms with van der Waals surface area (Å²) in [5.41, 5.74) is 10.2. The lowest BCUT2D eigenvalue weighted by Crippen LogP contribution is -1.99. The molecule has 1 aromatic carbocycles. The summed E-state index contributed by atoms with van der Waals surface area (Å²) in [5, 5.41) is 4.43. The average Bonchev–Trinajstić information content (AvgIpc) is 2.64. The first-order valence-corrected chi connectivity index (χ1v) is 6.76. The van der Waals surface area contributed by atoms with Crippen molar-refractivity contribution in [1.82, 2.24) is 9.78 Å². The summed E-state index contributed by atoms with van der Waals surface area (Å²) >= 11 is 1.75. The van der Waals surface area contributed by atoms with Crippen LogP contribution in [-0.4, -0.2) is 16.0 Å². The molecule has 0 atom stereocenters. The fourth-order valence-corrected chi connectivity index (χ4v) is 2.44. The molecule has 3 nitrogen and oxygen atoms in total. The van der Waals surface area contributed by atoms with Gasteiger partial charge in [0.05, 0.1) is 11.4 Å². The predicted molar refractivity (Wildman–Crippen MR) is 73.1 cm³/mol. The molecule has 2 aromatic rings. The third kappa shape index (κ3) is 2.23. The number of rotatable bonds is 3. The smallest absolute Gasteiger partial charge is 0.0795 e. The lowest BCUT2D eigenvalue weighted by atomic mass is 10.1. The van der Waals surface area contributed by atoms with Crippen molar-refractivity contribution in [2.75, 3.05) is 6.26 Å². The number of thioether (sulfide) groups is 1. The molecule has 0 fully saturated rings. The summed E-state index contributed by atoms with van der Waals surface area (Å²) < 4.78 is 1.91. The van der Waals surface area contributed by atoms with Crippen LogP contribution in [0.15, 0.2) is 29.2 Å². The SMILES string of the molecule is CSc1ccc(-c2c(C)c(CN)nn2C)cc1. The van der Waals surface area contributed by atoms with Crippen molar-refractivity contribution in [2.45, 2.75) is 18.4 Å². The fraction of sp³-hybridized carbons (Fsp3) is 0.308. The van der Waals surface area contributed by atoms with Gasteiger partial charge in [0.2, 0.25) is 0 Å². The molecule has 0 unspecified atom stereocenters. The first-order valence-electron chi connectivity index (χ1n) is 5.54. The van der Waals surface area contributed by atoms with Crippen molar-refractivity contribution in [3.05, 3.63) is 35.5 Å². The highest BCUT2D eigenvalue weighted by Crippen LogP contribution is 2.27. The zero-order chi connectivity index (χ0) is 12.4. The Kier molecular flexibility index (Phi) is 3.54. The molecule has 0 radical (unpaired) electrons. The molecule has 2 N–H and O–H groups in total. The summed E-state index contributed by atoms with van der Waals surface area (Å²) in [4.78, 5) is 1.27. The highest BCUT2D eigenvalue weighted by Gasteiger charge is 2.12. The largest absolute Gasteiger partial charge is 0.325 e. The van der Waals surface area contributed by atoms with E-state index in [1.165, 1.54) is 16.0 Å². The first-order chi connectivity index (χ1) is 8.17. The van der Waals surface area contributed by atoms with E-state index in [1.54, 1.807) is 11.8 Å². The van der Waals surface area contributed by atoms with Gasteiger partial charge in [-0.05, 0) is 30.9 Å². The molecule has 0 amide bonds. The number of nitrogens with zero attached hydrogens (tertiary/aromatic N) is 2. The zero-order valence-electron chi connectivity index (χ0n) is 10.4. The van der Waals surface area contributed by atoms with Crippen LogP contribution in [0.4, 0.5) is 0 Å². The van der Waals surface area contributed by atoms with Gasteiger partial charge in [0.25, 0.3) is 0 Å². The standard InChI is InChI=1S/C13H17N3S/c1-9-12(8-14)15-16(2)13(9)10-4-6-11(17-3)7-5-10/h4-7H,8,14H2,1-3H3. The second-order valence-corrected chi connectivity index (χ2v) is 4.86. The summed E-state index contributed by atoms with van der Waals surface area (Å²) in [7, 11) is 1.96. The summed E-state index contributed by atoms with van der Waals surface area (Å²) in [6, 6.07) is 8.54. The maximum absolute atomic E-state index is 5.68. The number of nitrogens with two attached hydrogens (primary N) is 1. The van der Waals surface area contributed by atoms with E-state index in [0.29, 0.717) is 6.54 Å². The van der Waals surface area contributed by atoms with Gasteiger partial charge in [-0.3, -0.25) is 4.68 Å². The second-order valence-electron chi connectivity index (χ2n) is 3.98. The lowest BCUT2D eigenvalue weighted by Gasteiger charge is -2.05. The molecule has 1 aromatic heterocycles. The average molecular weight is 247 g/mol. The van der Waals surface area contributed by atoms with E-state index in [2.05, 4.69) is 42.5 Å². The number of aryl methyl sites for hydroxylation is 1. The molecule has 0 bridgehead atoms. The van der Waals surface area contributed by atoms with Crippen molar-refractivity contribution in [3.8, 4) is 11.3 Å².